The third kappa shape index (κ3) is 8.91. The first kappa shape index (κ1) is 28.8. The summed E-state index contributed by atoms with van der Waals surface area (Å²) in [4.78, 5) is 0. The predicted octanol–water partition coefficient (Wildman–Crippen LogP) is 9.58. The van der Waals surface area contributed by atoms with Crippen molar-refractivity contribution in [1.82, 2.24) is 0 Å². The SMILES string of the molecule is C1CCC([PH+](CCC[PH+](C2CCCCC2)C2CCCCC2)C2CCCCC2)CC1.[CH3-].[Pd]. The van der Waals surface area contributed by atoms with Crippen LogP contribution in [0.5, 0.6) is 0 Å². The molecule has 4 aliphatic rings. The van der Waals surface area contributed by atoms with Gasteiger partial charge >= 0.3 is 0 Å². The monoisotopic (exact) mass is 559 g/mol. The van der Waals surface area contributed by atoms with Crippen LogP contribution >= 0.6 is 15.8 Å². The van der Waals surface area contributed by atoms with Crippen molar-refractivity contribution in [2.24, 2.45) is 0 Å². The molecule has 0 heterocycles. The minimum absolute atomic E-state index is 0. The van der Waals surface area contributed by atoms with Crippen molar-refractivity contribution in [3.05, 3.63) is 7.43 Å². The van der Waals surface area contributed by atoms with Gasteiger partial charge < -0.3 is 7.43 Å². The molecule has 0 aromatic carbocycles. The molecule has 3 heteroatoms. The van der Waals surface area contributed by atoms with Crippen molar-refractivity contribution < 1.29 is 20.4 Å². The molecule has 0 saturated heterocycles. The number of hydrogen-bond acceptors (Lipinski definition) is 0. The van der Waals surface area contributed by atoms with E-state index >= 15 is 0 Å². The van der Waals surface area contributed by atoms with Crippen LogP contribution < -0.4 is 0 Å². The van der Waals surface area contributed by atoms with E-state index in [0.717, 1.165) is 0 Å². The van der Waals surface area contributed by atoms with Gasteiger partial charge in [0.25, 0.3) is 0 Å². The summed E-state index contributed by atoms with van der Waals surface area (Å²) in [6.45, 7) is 0. The van der Waals surface area contributed by atoms with Gasteiger partial charge in [-0.1, -0.05) is 25.7 Å². The van der Waals surface area contributed by atoms with Gasteiger partial charge in [-0.05, 0) is 103 Å². The summed E-state index contributed by atoms with van der Waals surface area (Å²) in [5.74, 6) is 0. The molecule has 0 amide bonds. The van der Waals surface area contributed by atoms with Crippen LogP contribution in [0.4, 0.5) is 0 Å². The Labute approximate surface area is 212 Å². The van der Waals surface area contributed by atoms with Gasteiger partial charge in [0.15, 0.2) is 0 Å². The van der Waals surface area contributed by atoms with Crippen molar-refractivity contribution in [2.75, 3.05) is 12.3 Å². The zero-order chi connectivity index (χ0) is 19.7. The maximum Gasteiger partial charge on any atom is 0.0678 e. The van der Waals surface area contributed by atoms with E-state index < -0.39 is 0 Å². The Morgan fingerprint density at radius 2 is 0.613 bits per heavy atom. The summed E-state index contributed by atoms with van der Waals surface area (Å²) in [5.41, 5.74) is 4.88. The van der Waals surface area contributed by atoms with Crippen molar-refractivity contribution in [1.29, 1.82) is 0 Å². The van der Waals surface area contributed by atoms with Gasteiger partial charge in [-0.3, -0.25) is 0 Å². The van der Waals surface area contributed by atoms with E-state index in [9.17, 15) is 0 Å². The fraction of sp³-hybridized carbons (Fsp3) is 0.964. The summed E-state index contributed by atoms with van der Waals surface area (Å²) < 4.78 is 0. The molecule has 4 aliphatic carbocycles. The molecule has 4 fully saturated rings. The first-order valence-corrected chi connectivity index (χ1v) is 17.9. The molecule has 4 saturated carbocycles. The van der Waals surface area contributed by atoms with E-state index in [1.54, 1.807) is 147 Å². The van der Waals surface area contributed by atoms with Crippen LogP contribution in [0.2, 0.25) is 0 Å². The van der Waals surface area contributed by atoms with Crippen LogP contribution in [-0.2, 0) is 20.4 Å². The van der Waals surface area contributed by atoms with Crippen molar-refractivity contribution >= 4 is 15.8 Å². The van der Waals surface area contributed by atoms with E-state index in [4.69, 9.17) is 0 Å². The molecule has 0 radical (unpaired) electrons. The summed E-state index contributed by atoms with van der Waals surface area (Å²) >= 11 is 0. The van der Waals surface area contributed by atoms with E-state index in [-0.39, 0.29) is 43.7 Å². The minimum Gasteiger partial charge on any atom is -0.358 e. The fourth-order valence-corrected chi connectivity index (χ4v) is 17.0. The van der Waals surface area contributed by atoms with Gasteiger partial charge in [-0.15, -0.1) is 0 Å². The number of hydrogen-bond donors (Lipinski definition) is 0. The van der Waals surface area contributed by atoms with E-state index in [1.807, 2.05) is 0 Å². The summed E-state index contributed by atoms with van der Waals surface area (Å²) in [5, 5.41) is 0. The van der Waals surface area contributed by atoms with Crippen LogP contribution in [0.25, 0.3) is 0 Å². The standard InChI is InChI=1S/C27H50P2.CH3.Pd/c1-5-14-24(15-6-1)28(25-16-7-2-8-17-25)22-13-23-29(26-18-9-3-10-19-26)27-20-11-4-12-21-27;;/h24-27H,1-23H2;1H3;/q;-1;/p+2. The van der Waals surface area contributed by atoms with Gasteiger partial charge in [0.2, 0.25) is 0 Å². The van der Waals surface area contributed by atoms with Gasteiger partial charge in [0, 0.05) is 42.7 Å². The minimum atomic E-state index is -0.0851. The van der Waals surface area contributed by atoms with Gasteiger partial charge in [-0.2, -0.15) is 0 Å². The normalized spacial score (nSPS) is 25.4. The van der Waals surface area contributed by atoms with Gasteiger partial charge in [0.05, 0.1) is 35.0 Å². The van der Waals surface area contributed by atoms with Crippen LogP contribution in [0.3, 0.4) is 0 Å². The molecule has 31 heavy (non-hydrogen) atoms. The molecule has 0 aromatic rings. The first-order chi connectivity index (χ1) is 14.4. The predicted molar refractivity (Wildman–Crippen MR) is 145 cm³/mol. The van der Waals surface area contributed by atoms with Crippen LogP contribution in [0.15, 0.2) is 0 Å². The zero-order valence-electron chi connectivity index (χ0n) is 20.9. The largest absolute Gasteiger partial charge is 0.358 e. The molecule has 0 aromatic heterocycles. The molecule has 0 N–H and O–H groups in total. The van der Waals surface area contributed by atoms with Crippen LogP contribution in [-0.4, -0.2) is 35.0 Å². The van der Waals surface area contributed by atoms with Crippen LogP contribution in [0.1, 0.15) is 135 Å². The third-order valence-corrected chi connectivity index (χ3v) is 17.8. The Morgan fingerprint density at radius 3 is 0.839 bits per heavy atom. The van der Waals surface area contributed by atoms with E-state index in [1.165, 1.54) is 22.6 Å². The van der Waals surface area contributed by atoms with Crippen molar-refractivity contribution in [3.63, 3.8) is 0 Å². The Bertz CT molecular complexity index is 356. The average Bonchev–Trinajstić information content (AvgIpc) is 2.81. The molecule has 0 atom stereocenters. The topological polar surface area (TPSA) is 0 Å². The molecule has 0 bridgehead atoms. The molecular weight excluding hydrogens is 505 g/mol. The number of rotatable bonds is 8. The maximum atomic E-state index is 1.73. The van der Waals surface area contributed by atoms with E-state index in [2.05, 4.69) is 0 Å². The maximum absolute atomic E-state index is 1.73. The Morgan fingerprint density at radius 1 is 0.387 bits per heavy atom. The Kier molecular flexibility index (Phi) is 15.1. The molecule has 186 valence electrons. The second-order valence-electron chi connectivity index (χ2n) is 11.3. The third-order valence-electron chi connectivity index (χ3n) is 9.45. The second kappa shape index (κ2) is 16.2. The summed E-state index contributed by atoms with van der Waals surface area (Å²) in [7, 11) is -0.170. The van der Waals surface area contributed by atoms with Gasteiger partial charge in [0.1, 0.15) is 0 Å². The van der Waals surface area contributed by atoms with Crippen molar-refractivity contribution in [3.8, 4) is 0 Å². The molecule has 0 nitrogen and oxygen atoms in total. The zero-order valence-corrected chi connectivity index (χ0v) is 24.4. The summed E-state index contributed by atoms with van der Waals surface area (Å²) in [6.07, 6.45) is 37.0. The molecule has 0 spiro atoms. The van der Waals surface area contributed by atoms with Gasteiger partial charge in [-0.25, -0.2) is 0 Å². The molecule has 4 rings (SSSR count). The Balaban J connectivity index is 0.00000171. The smallest absolute Gasteiger partial charge is 0.0678 e. The van der Waals surface area contributed by atoms with Crippen molar-refractivity contribution in [2.45, 2.75) is 157 Å². The Hall–Kier alpha value is 1.52. The molecule has 0 aliphatic heterocycles. The fourth-order valence-electron chi connectivity index (χ4n) is 7.87. The summed E-state index contributed by atoms with van der Waals surface area (Å²) in [6, 6.07) is 0. The van der Waals surface area contributed by atoms with Crippen LogP contribution in [0, 0.1) is 7.43 Å². The molecular formula is C28H55P2Pd+. The quantitative estimate of drug-likeness (QED) is 0.158. The average molecular weight is 560 g/mol. The van der Waals surface area contributed by atoms with E-state index in [0.29, 0.717) is 0 Å². The molecule has 0 unspecified atom stereocenters. The first-order valence-electron chi connectivity index (χ1n) is 14.1. The second-order valence-corrected chi connectivity index (χ2v) is 17.9.